The van der Waals surface area contributed by atoms with Crippen LogP contribution in [0.5, 0.6) is 5.75 Å². The van der Waals surface area contributed by atoms with E-state index in [0.717, 1.165) is 25.7 Å². The second-order valence-corrected chi connectivity index (χ2v) is 5.82. The van der Waals surface area contributed by atoms with E-state index in [9.17, 15) is 4.79 Å². The Morgan fingerprint density at radius 3 is 2.62 bits per heavy atom. The van der Waals surface area contributed by atoms with Gasteiger partial charge in [-0.05, 0) is 45.4 Å². The molecule has 0 saturated heterocycles. The Kier molecular flexibility index (Phi) is 5.04. The van der Waals surface area contributed by atoms with E-state index < -0.39 is 5.60 Å². The molecule has 1 aromatic heterocycles. The van der Waals surface area contributed by atoms with Crippen LogP contribution < -0.4 is 4.74 Å². The first kappa shape index (κ1) is 16.0. The number of ketones is 1. The number of hydrogen-bond acceptors (Lipinski definition) is 4. The summed E-state index contributed by atoms with van der Waals surface area (Å²) in [5.41, 5.74) is -0.162. The average molecular weight is 294 g/mol. The van der Waals surface area contributed by atoms with Crippen molar-refractivity contribution in [2.24, 2.45) is 5.92 Å². The number of methoxy groups -OCH3 is 1. The van der Waals surface area contributed by atoms with Gasteiger partial charge >= 0.3 is 0 Å². The molecule has 0 spiro atoms. The summed E-state index contributed by atoms with van der Waals surface area (Å²) in [6.45, 7) is 7.34. The Hall–Kier alpha value is -1.36. The summed E-state index contributed by atoms with van der Waals surface area (Å²) in [6, 6.07) is 0. The van der Waals surface area contributed by atoms with E-state index in [1.165, 1.54) is 0 Å². The number of aromatic nitrogens is 2. The van der Waals surface area contributed by atoms with Crippen molar-refractivity contribution in [2.75, 3.05) is 13.7 Å². The topological polar surface area (TPSA) is 53.4 Å². The van der Waals surface area contributed by atoms with Gasteiger partial charge in [-0.15, -0.1) is 0 Å². The molecule has 1 aliphatic rings. The number of Topliss-reactive ketones (excluding diaryl/α,β-unsaturated/α-hetero) is 1. The lowest BCUT2D eigenvalue weighted by Crippen LogP contribution is -2.45. The molecule has 1 saturated carbocycles. The lowest BCUT2D eigenvalue weighted by molar-refractivity contribution is -0.0481. The van der Waals surface area contributed by atoms with Crippen LogP contribution >= 0.6 is 0 Å². The lowest BCUT2D eigenvalue weighted by Gasteiger charge is -2.37. The Morgan fingerprint density at radius 1 is 1.43 bits per heavy atom. The summed E-state index contributed by atoms with van der Waals surface area (Å²) < 4.78 is 13.0. The zero-order valence-electron chi connectivity index (χ0n) is 13.5. The van der Waals surface area contributed by atoms with E-state index in [1.807, 2.05) is 13.8 Å². The molecule has 5 nitrogen and oxygen atoms in total. The van der Waals surface area contributed by atoms with Crippen LogP contribution in [0.1, 0.15) is 56.9 Å². The molecule has 2 rings (SSSR count). The van der Waals surface area contributed by atoms with E-state index in [4.69, 9.17) is 9.47 Å². The van der Waals surface area contributed by atoms with Crippen molar-refractivity contribution in [3.8, 4) is 5.75 Å². The van der Waals surface area contributed by atoms with Crippen molar-refractivity contribution in [3.63, 3.8) is 0 Å². The van der Waals surface area contributed by atoms with E-state index >= 15 is 0 Å². The third kappa shape index (κ3) is 2.98. The summed E-state index contributed by atoms with van der Waals surface area (Å²) in [5, 5.41) is 4.24. The van der Waals surface area contributed by atoms with Crippen LogP contribution in [0.3, 0.4) is 0 Å². The van der Waals surface area contributed by atoms with E-state index in [2.05, 4.69) is 12.0 Å². The highest BCUT2D eigenvalue weighted by molar-refractivity contribution is 6.03. The number of carbonyl (C=O) groups is 1. The summed E-state index contributed by atoms with van der Waals surface area (Å²) in [5.74, 6) is 1.22. The van der Waals surface area contributed by atoms with Gasteiger partial charge in [0.2, 0.25) is 5.78 Å². The third-order valence-electron chi connectivity index (χ3n) is 4.46. The SMILES string of the molecule is CCOC1(C(=O)c2c(OC)cnn2CC)CCC(C)CC1. The first-order valence-electron chi connectivity index (χ1n) is 7.86. The minimum atomic E-state index is -0.707. The van der Waals surface area contributed by atoms with Crippen LogP contribution in [0.15, 0.2) is 6.20 Å². The molecule has 0 aliphatic heterocycles. The normalized spacial score (nSPS) is 25.8. The van der Waals surface area contributed by atoms with Crippen molar-refractivity contribution in [3.05, 3.63) is 11.9 Å². The maximum Gasteiger partial charge on any atom is 0.216 e. The van der Waals surface area contributed by atoms with Crippen LogP contribution in [0.4, 0.5) is 0 Å². The van der Waals surface area contributed by atoms with E-state index in [0.29, 0.717) is 30.5 Å². The molecule has 0 unspecified atom stereocenters. The van der Waals surface area contributed by atoms with Crippen molar-refractivity contribution < 1.29 is 14.3 Å². The van der Waals surface area contributed by atoms with Gasteiger partial charge in [0.1, 0.15) is 11.3 Å². The molecule has 0 radical (unpaired) electrons. The predicted molar refractivity (Wildman–Crippen MR) is 80.8 cm³/mol. The molecule has 1 fully saturated rings. The van der Waals surface area contributed by atoms with Crippen LogP contribution in [-0.4, -0.2) is 34.9 Å². The van der Waals surface area contributed by atoms with Gasteiger partial charge in [0.25, 0.3) is 0 Å². The molecule has 0 aromatic carbocycles. The summed E-state index contributed by atoms with van der Waals surface area (Å²) >= 11 is 0. The smallest absolute Gasteiger partial charge is 0.216 e. The minimum absolute atomic E-state index is 0.0208. The third-order valence-corrected chi connectivity index (χ3v) is 4.46. The molecule has 1 heterocycles. The van der Waals surface area contributed by atoms with Gasteiger partial charge in [-0.1, -0.05) is 6.92 Å². The monoisotopic (exact) mass is 294 g/mol. The molecule has 21 heavy (non-hydrogen) atoms. The quantitative estimate of drug-likeness (QED) is 0.757. The van der Waals surface area contributed by atoms with Gasteiger partial charge < -0.3 is 9.47 Å². The van der Waals surface area contributed by atoms with Crippen LogP contribution in [0, 0.1) is 5.92 Å². The minimum Gasteiger partial charge on any atom is -0.493 e. The van der Waals surface area contributed by atoms with Crippen LogP contribution in [0.25, 0.3) is 0 Å². The van der Waals surface area contributed by atoms with Crippen molar-refractivity contribution in [1.82, 2.24) is 9.78 Å². The molecule has 118 valence electrons. The Bertz CT molecular complexity index is 466. The number of nitrogens with zero attached hydrogens (tertiary/aromatic N) is 2. The number of aryl methyl sites for hydroxylation is 1. The van der Waals surface area contributed by atoms with Crippen molar-refractivity contribution in [1.29, 1.82) is 0 Å². The zero-order chi connectivity index (χ0) is 15.5. The first-order chi connectivity index (χ1) is 10.1. The summed E-state index contributed by atoms with van der Waals surface area (Å²) in [7, 11) is 1.57. The fourth-order valence-corrected chi connectivity index (χ4v) is 3.14. The lowest BCUT2D eigenvalue weighted by atomic mass is 9.76. The Labute approximate surface area is 126 Å². The highest BCUT2D eigenvalue weighted by Gasteiger charge is 2.44. The molecule has 0 N–H and O–H groups in total. The first-order valence-corrected chi connectivity index (χ1v) is 7.86. The van der Waals surface area contributed by atoms with Gasteiger partial charge in [0.05, 0.1) is 13.3 Å². The van der Waals surface area contributed by atoms with Gasteiger partial charge in [-0.3, -0.25) is 9.48 Å². The molecule has 0 amide bonds. The zero-order valence-corrected chi connectivity index (χ0v) is 13.5. The fraction of sp³-hybridized carbons (Fsp3) is 0.750. The standard InChI is InChI=1S/C16H26N2O3/c1-5-18-14(13(20-4)11-17-18)15(19)16(21-6-2)9-7-12(3)8-10-16/h11-12H,5-10H2,1-4H3. The number of hydrogen-bond donors (Lipinski definition) is 0. The molecular formula is C16H26N2O3. The second kappa shape index (κ2) is 6.60. The van der Waals surface area contributed by atoms with Crippen LogP contribution in [0.2, 0.25) is 0 Å². The van der Waals surface area contributed by atoms with Gasteiger partial charge in [-0.2, -0.15) is 5.10 Å². The largest absolute Gasteiger partial charge is 0.493 e. The summed E-state index contributed by atoms with van der Waals surface area (Å²) in [6.07, 6.45) is 5.21. The Morgan fingerprint density at radius 2 is 2.10 bits per heavy atom. The molecule has 0 bridgehead atoms. The molecule has 1 aliphatic carbocycles. The van der Waals surface area contributed by atoms with Crippen molar-refractivity contribution >= 4 is 5.78 Å². The van der Waals surface area contributed by atoms with Gasteiger partial charge in [-0.25, -0.2) is 0 Å². The number of rotatable bonds is 6. The fourth-order valence-electron chi connectivity index (χ4n) is 3.14. The van der Waals surface area contributed by atoms with Gasteiger partial charge in [0, 0.05) is 13.2 Å². The van der Waals surface area contributed by atoms with E-state index in [1.54, 1.807) is 18.0 Å². The predicted octanol–water partition coefficient (Wildman–Crippen LogP) is 3.08. The highest BCUT2D eigenvalue weighted by atomic mass is 16.5. The number of carbonyl (C=O) groups excluding carboxylic acids is 1. The van der Waals surface area contributed by atoms with Gasteiger partial charge in [0.15, 0.2) is 5.75 Å². The Balaban J connectivity index is 2.37. The molecule has 0 atom stereocenters. The number of ether oxygens (including phenoxy) is 2. The summed E-state index contributed by atoms with van der Waals surface area (Å²) in [4.78, 5) is 13.2. The maximum absolute atomic E-state index is 13.2. The van der Waals surface area contributed by atoms with E-state index in [-0.39, 0.29) is 5.78 Å². The van der Waals surface area contributed by atoms with Crippen molar-refractivity contribution in [2.45, 2.75) is 58.6 Å². The second-order valence-electron chi connectivity index (χ2n) is 5.82. The average Bonchev–Trinajstić information content (AvgIpc) is 2.92. The maximum atomic E-state index is 13.2. The molecule has 5 heteroatoms. The van der Waals surface area contributed by atoms with Crippen LogP contribution in [-0.2, 0) is 11.3 Å². The molecular weight excluding hydrogens is 268 g/mol. The highest BCUT2D eigenvalue weighted by Crippen LogP contribution is 2.38. The molecule has 1 aromatic rings.